The summed E-state index contributed by atoms with van der Waals surface area (Å²) in [4.78, 5) is 1.85. The van der Waals surface area contributed by atoms with Crippen LogP contribution in [0, 0.1) is 11.3 Å². The zero-order valence-electron chi connectivity index (χ0n) is 10.7. The van der Waals surface area contributed by atoms with Crippen LogP contribution in [0.4, 0.5) is 0 Å². The van der Waals surface area contributed by atoms with Crippen molar-refractivity contribution in [1.82, 2.24) is 5.32 Å². The van der Waals surface area contributed by atoms with E-state index in [4.69, 9.17) is 16.9 Å². The summed E-state index contributed by atoms with van der Waals surface area (Å²) in [5.41, 5.74) is 2.33. The number of nitrogens with zero attached hydrogens (tertiary/aromatic N) is 1. The van der Waals surface area contributed by atoms with Crippen molar-refractivity contribution >= 4 is 22.9 Å². The molecule has 1 aromatic carbocycles. The van der Waals surface area contributed by atoms with Gasteiger partial charge in [-0.25, -0.2) is 0 Å². The number of nitrogens with one attached hydrogen (secondary N) is 1. The average molecular weight is 291 g/mol. The van der Waals surface area contributed by atoms with Crippen molar-refractivity contribution < 1.29 is 0 Å². The van der Waals surface area contributed by atoms with Crippen LogP contribution in [-0.4, -0.2) is 6.54 Å². The van der Waals surface area contributed by atoms with Gasteiger partial charge in [0.15, 0.2) is 0 Å². The smallest absolute Gasteiger partial charge is 0.110 e. The van der Waals surface area contributed by atoms with Gasteiger partial charge in [-0.1, -0.05) is 24.6 Å². The van der Waals surface area contributed by atoms with Crippen molar-refractivity contribution in [3.05, 3.63) is 45.8 Å². The Hall–Kier alpha value is -1.34. The standard InChI is InChI=1S/C15H15ClN2S/c1-2-7-18-10-11-8-12(16)3-5-14(11)15-6-4-13(9-17)19-15/h3-6,8,18H,2,7,10H2,1H3. The van der Waals surface area contributed by atoms with E-state index in [1.165, 1.54) is 16.9 Å². The molecule has 0 spiro atoms. The molecule has 0 aliphatic carbocycles. The number of hydrogen-bond acceptors (Lipinski definition) is 3. The minimum atomic E-state index is 0.734. The Balaban J connectivity index is 2.30. The average Bonchev–Trinajstić information content (AvgIpc) is 2.88. The zero-order chi connectivity index (χ0) is 13.7. The van der Waals surface area contributed by atoms with Gasteiger partial charge in [0.05, 0.1) is 0 Å². The van der Waals surface area contributed by atoms with Crippen molar-refractivity contribution in [2.45, 2.75) is 19.9 Å². The second kappa shape index (κ2) is 6.72. The van der Waals surface area contributed by atoms with E-state index in [9.17, 15) is 0 Å². The highest BCUT2D eigenvalue weighted by Gasteiger charge is 2.08. The third-order valence-corrected chi connectivity index (χ3v) is 4.05. The molecular formula is C15H15ClN2S. The van der Waals surface area contributed by atoms with Crippen molar-refractivity contribution in [2.75, 3.05) is 6.54 Å². The Morgan fingerprint density at radius 1 is 1.32 bits per heavy atom. The van der Waals surface area contributed by atoms with Gasteiger partial charge < -0.3 is 5.32 Å². The van der Waals surface area contributed by atoms with Gasteiger partial charge in [-0.15, -0.1) is 11.3 Å². The molecular weight excluding hydrogens is 276 g/mol. The summed E-state index contributed by atoms with van der Waals surface area (Å²) in [6.07, 6.45) is 1.10. The van der Waals surface area contributed by atoms with Gasteiger partial charge >= 0.3 is 0 Å². The quantitative estimate of drug-likeness (QED) is 0.826. The molecule has 0 amide bonds. The summed E-state index contributed by atoms with van der Waals surface area (Å²) in [7, 11) is 0. The molecule has 0 atom stereocenters. The SMILES string of the molecule is CCCNCc1cc(Cl)ccc1-c1ccc(C#N)s1. The van der Waals surface area contributed by atoms with Crippen LogP contribution in [0.2, 0.25) is 5.02 Å². The van der Waals surface area contributed by atoms with Gasteiger partial charge in [-0.2, -0.15) is 5.26 Å². The van der Waals surface area contributed by atoms with Crippen molar-refractivity contribution in [3.63, 3.8) is 0 Å². The Morgan fingerprint density at radius 2 is 2.16 bits per heavy atom. The van der Waals surface area contributed by atoms with Crippen LogP contribution >= 0.6 is 22.9 Å². The summed E-state index contributed by atoms with van der Waals surface area (Å²) in [6.45, 7) is 3.92. The monoisotopic (exact) mass is 290 g/mol. The van der Waals surface area contributed by atoms with E-state index < -0.39 is 0 Å². The van der Waals surface area contributed by atoms with Crippen LogP contribution in [0.15, 0.2) is 30.3 Å². The fraction of sp³-hybridized carbons (Fsp3) is 0.267. The lowest BCUT2D eigenvalue weighted by molar-refractivity contribution is 0.676. The van der Waals surface area contributed by atoms with E-state index in [0.29, 0.717) is 0 Å². The molecule has 4 heteroatoms. The lowest BCUT2D eigenvalue weighted by Gasteiger charge is -2.09. The molecule has 0 fully saturated rings. The lowest BCUT2D eigenvalue weighted by atomic mass is 10.1. The van der Waals surface area contributed by atoms with Crippen LogP contribution in [0.3, 0.4) is 0 Å². The van der Waals surface area contributed by atoms with Crippen LogP contribution < -0.4 is 5.32 Å². The van der Waals surface area contributed by atoms with Gasteiger partial charge in [0.1, 0.15) is 10.9 Å². The van der Waals surface area contributed by atoms with Gasteiger partial charge in [-0.05, 0) is 48.4 Å². The minimum absolute atomic E-state index is 0.734. The summed E-state index contributed by atoms with van der Waals surface area (Å²) in [5.74, 6) is 0. The topological polar surface area (TPSA) is 35.8 Å². The molecule has 98 valence electrons. The van der Waals surface area contributed by atoms with E-state index in [1.54, 1.807) is 0 Å². The predicted molar refractivity (Wildman–Crippen MR) is 81.5 cm³/mol. The van der Waals surface area contributed by atoms with Gasteiger partial charge in [0.2, 0.25) is 0 Å². The van der Waals surface area contributed by atoms with Crippen molar-refractivity contribution in [2.24, 2.45) is 0 Å². The van der Waals surface area contributed by atoms with Gasteiger partial charge in [0, 0.05) is 16.4 Å². The fourth-order valence-electron chi connectivity index (χ4n) is 1.89. The molecule has 2 nitrogen and oxygen atoms in total. The lowest BCUT2D eigenvalue weighted by Crippen LogP contribution is -2.14. The first-order chi connectivity index (χ1) is 9.24. The summed E-state index contributed by atoms with van der Waals surface area (Å²) >= 11 is 7.59. The van der Waals surface area contributed by atoms with Crippen molar-refractivity contribution in [3.8, 4) is 16.5 Å². The first-order valence-corrected chi connectivity index (χ1v) is 7.43. The van der Waals surface area contributed by atoms with Gasteiger partial charge in [0.25, 0.3) is 0 Å². The predicted octanol–water partition coefficient (Wildman–Crippen LogP) is 4.44. The Kier molecular flexibility index (Phi) is 4.98. The van der Waals surface area contributed by atoms with E-state index >= 15 is 0 Å². The zero-order valence-corrected chi connectivity index (χ0v) is 12.3. The maximum atomic E-state index is 8.91. The van der Waals surface area contributed by atoms with E-state index in [2.05, 4.69) is 18.3 Å². The highest BCUT2D eigenvalue weighted by atomic mass is 35.5. The third-order valence-electron chi connectivity index (χ3n) is 2.79. The number of hydrogen-bond donors (Lipinski definition) is 1. The van der Waals surface area contributed by atoms with Gasteiger partial charge in [-0.3, -0.25) is 0 Å². The minimum Gasteiger partial charge on any atom is -0.313 e. The molecule has 0 unspecified atom stereocenters. The maximum Gasteiger partial charge on any atom is 0.110 e. The number of thiophene rings is 1. The van der Waals surface area contributed by atoms with Crippen LogP contribution in [0.5, 0.6) is 0 Å². The Morgan fingerprint density at radius 3 is 2.84 bits per heavy atom. The Bertz CT molecular complexity index is 598. The molecule has 2 aromatic rings. The molecule has 0 aliphatic heterocycles. The first kappa shape index (κ1) is 14.1. The normalized spacial score (nSPS) is 10.4. The number of halogens is 1. The van der Waals surface area contributed by atoms with Crippen molar-refractivity contribution in [1.29, 1.82) is 5.26 Å². The molecule has 1 N–H and O–H groups in total. The number of nitriles is 1. The molecule has 0 saturated carbocycles. The second-order valence-electron chi connectivity index (χ2n) is 4.25. The molecule has 2 rings (SSSR count). The number of rotatable bonds is 5. The maximum absolute atomic E-state index is 8.91. The van der Waals surface area contributed by atoms with Crippen LogP contribution in [0.25, 0.3) is 10.4 Å². The fourth-order valence-corrected chi connectivity index (χ4v) is 2.95. The van der Waals surface area contributed by atoms with E-state index in [-0.39, 0.29) is 0 Å². The highest BCUT2D eigenvalue weighted by Crippen LogP contribution is 2.32. The van der Waals surface area contributed by atoms with Crippen LogP contribution in [-0.2, 0) is 6.54 Å². The number of benzene rings is 1. The third kappa shape index (κ3) is 3.57. The largest absolute Gasteiger partial charge is 0.313 e. The molecule has 1 heterocycles. The molecule has 0 radical (unpaired) electrons. The van der Waals surface area contributed by atoms with E-state index in [0.717, 1.165) is 39.9 Å². The molecule has 0 bridgehead atoms. The molecule has 0 aliphatic rings. The summed E-state index contributed by atoms with van der Waals surface area (Å²) in [5, 5.41) is 13.0. The Labute approximate surface area is 122 Å². The molecule has 19 heavy (non-hydrogen) atoms. The van der Waals surface area contributed by atoms with Crippen LogP contribution in [0.1, 0.15) is 23.8 Å². The summed E-state index contributed by atoms with van der Waals surface area (Å²) in [6, 6.07) is 11.9. The molecule has 1 aromatic heterocycles. The highest BCUT2D eigenvalue weighted by molar-refractivity contribution is 7.16. The molecule has 0 saturated heterocycles. The first-order valence-electron chi connectivity index (χ1n) is 6.24. The summed E-state index contributed by atoms with van der Waals surface area (Å²) < 4.78 is 0. The van der Waals surface area contributed by atoms with E-state index in [1.807, 2.05) is 30.3 Å². The second-order valence-corrected chi connectivity index (χ2v) is 5.77.